The normalized spacial score (nSPS) is 10.7. The smallest absolute Gasteiger partial charge is 0.271 e. The van der Waals surface area contributed by atoms with Gasteiger partial charge in [0.05, 0.1) is 11.1 Å². The van der Waals surface area contributed by atoms with E-state index in [9.17, 15) is 14.9 Å². The number of hydrogen-bond donors (Lipinski definition) is 1. The summed E-state index contributed by atoms with van der Waals surface area (Å²) in [5.74, 6) is -0.396. The van der Waals surface area contributed by atoms with E-state index in [2.05, 4.69) is 10.5 Å². The Labute approximate surface area is 156 Å². The van der Waals surface area contributed by atoms with Crippen molar-refractivity contribution in [2.75, 3.05) is 18.0 Å². The Morgan fingerprint density at radius 1 is 1.23 bits per heavy atom. The molecule has 2 aromatic carbocycles. The molecule has 1 N–H and O–H groups in total. The van der Waals surface area contributed by atoms with Gasteiger partial charge in [0.2, 0.25) is 0 Å². The largest absolute Gasteiger partial charge is 0.372 e. The van der Waals surface area contributed by atoms with Crippen molar-refractivity contribution >= 4 is 35.1 Å². The van der Waals surface area contributed by atoms with E-state index in [1.54, 1.807) is 30.3 Å². The molecule has 2 rings (SSSR count). The van der Waals surface area contributed by atoms with Crippen LogP contribution in [0.3, 0.4) is 0 Å². The van der Waals surface area contributed by atoms with Crippen LogP contribution in [0.1, 0.15) is 29.8 Å². The summed E-state index contributed by atoms with van der Waals surface area (Å²) < 4.78 is 0. The van der Waals surface area contributed by atoms with Crippen LogP contribution < -0.4 is 10.3 Å². The van der Waals surface area contributed by atoms with Crippen LogP contribution in [0, 0.1) is 10.1 Å². The van der Waals surface area contributed by atoms with Gasteiger partial charge in [0.1, 0.15) is 0 Å². The van der Waals surface area contributed by atoms with Gasteiger partial charge >= 0.3 is 0 Å². The van der Waals surface area contributed by atoms with E-state index in [1.807, 2.05) is 18.7 Å². The number of benzene rings is 2. The summed E-state index contributed by atoms with van der Waals surface area (Å²) in [5.41, 5.74) is 4.16. The summed E-state index contributed by atoms with van der Waals surface area (Å²) in [6.45, 7) is 5.47. The van der Waals surface area contributed by atoms with Gasteiger partial charge in [-0.15, -0.1) is 0 Å². The summed E-state index contributed by atoms with van der Waals surface area (Å²) in [4.78, 5) is 24.7. The minimum Gasteiger partial charge on any atom is -0.372 e. The van der Waals surface area contributed by atoms with E-state index in [0.717, 1.165) is 18.8 Å². The fourth-order valence-electron chi connectivity index (χ4n) is 2.44. The fraction of sp³-hybridized carbons (Fsp3) is 0.222. The van der Waals surface area contributed by atoms with E-state index >= 15 is 0 Å². The molecule has 0 heterocycles. The first-order chi connectivity index (χ1) is 12.5. The van der Waals surface area contributed by atoms with Gasteiger partial charge in [0.15, 0.2) is 0 Å². The summed E-state index contributed by atoms with van der Waals surface area (Å²) in [7, 11) is 0. The highest BCUT2D eigenvalue weighted by Gasteiger charge is 2.13. The summed E-state index contributed by atoms with van der Waals surface area (Å²) in [6, 6.07) is 11.0. The molecule has 0 spiro atoms. The molecule has 26 heavy (non-hydrogen) atoms. The van der Waals surface area contributed by atoms with Gasteiger partial charge < -0.3 is 4.90 Å². The number of nitrogens with one attached hydrogen (secondary N) is 1. The Hall–Kier alpha value is -2.93. The van der Waals surface area contributed by atoms with Crippen molar-refractivity contribution in [2.45, 2.75) is 13.8 Å². The lowest BCUT2D eigenvalue weighted by Gasteiger charge is -2.22. The molecule has 8 heteroatoms. The molecule has 0 fully saturated rings. The van der Waals surface area contributed by atoms with Crippen molar-refractivity contribution in [3.8, 4) is 0 Å². The van der Waals surface area contributed by atoms with E-state index < -0.39 is 10.8 Å². The minimum atomic E-state index is -0.463. The third kappa shape index (κ3) is 4.80. The maximum absolute atomic E-state index is 12.1. The van der Waals surface area contributed by atoms with Gasteiger partial charge in [-0.25, -0.2) is 5.43 Å². The molecule has 0 saturated carbocycles. The predicted octanol–water partition coefficient (Wildman–Crippen LogP) is 3.86. The highest BCUT2D eigenvalue weighted by Crippen LogP contribution is 2.24. The molecule has 0 aliphatic carbocycles. The van der Waals surface area contributed by atoms with Crippen LogP contribution in [0.2, 0.25) is 5.02 Å². The Kier molecular flexibility index (Phi) is 6.68. The number of nitro groups is 1. The number of halogens is 1. The van der Waals surface area contributed by atoms with Crippen LogP contribution >= 0.6 is 11.6 Å². The van der Waals surface area contributed by atoms with Crippen molar-refractivity contribution in [1.29, 1.82) is 0 Å². The molecule has 0 saturated heterocycles. The molecule has 0 aliphatic rings. The van der Waals surface area contributed by atoms with Gasteiger partial charge in [0.25, 0.3) is 11.6 Å². The number of non-ortho nitro benzene ring substituents is 1. The number of carbonyl (C=O) groups excluding carboxylic acids is 1. The molecule has 7 nitrogen and oxygen atoms in total. The molecule has 0 atom stereocenters. The van der Waals surface area contributed by atoms with Gasteiger partial charge in [-0.3, -0.25) is 14.9 Å². The van der Waals surface area contributed by atoms with Gasteiger partial charge in [0, 0.05) is 47.1 Å². The molecule has 0 bridgehead atoms. The second-order valence-corrected chi connectivity index (χ2v) is 5.81. The molecular formula is C18H19ClN4O3. The lowest BCUT2D eigenvalue weighted by molar-refractivity contribution is -0.384. The van der Waals surface area contributed by atoms with Gasteiger partial charge in [-0.05, 0) is 44.2 Å². The zero-order chi connectivity index (χ0) is 19.1. The zero-order valence-electron chi connectivity index (χ0n) is 14.5. The highest BCUT2D eigenvalue weighted by atomic mass is 35.5. The SMILES string of the molecule is CCN(CC)c1ccc([N+](=O)[O-])cc1/C=N\NC(=O)c1ccc(Cl)cc1. The van der Waals surface area contributed by atoms with Crippen molar-refractivity contribution < 1.29 is 9.72 Å². The fourth-order valence-corrected chi connectivity index (χ4v) is 2.56. The third-order valence-electron chi connectivity index (χ3n) is 3.80. The maximum atomic E-state index is 12.1. The minimum absolute atomic E-state index is 0.0358. The monoisotopic (exact) mass is 374 g/mol. The standard InChI is InChI=1S/C18H19ClN4O3/c1-3-22(4-2)17-10-9-16(23(25)26)11-14(17)12-20-21-18(24)13-5-7-15(19)8-6-13/h5-12H,3-4H2,1-2H3,(H,21,24)/b20-12-. The van der Waals surface area contributed by atoms with Gasteiger partial charge in [-0.1, -0.05) is 11.6 Å². The number of rotatable bonds is 7. The Morgan fingerprint density at radius 3 is 2.46 bits per heavy atom. The average molecular weight is 375 g/mol. The maximum Gasteiger partial charge on any atom is 0.271 e. The Bertz CT molecular complexity index is 818. The number of hydrazone groups is 1. The number of carbonyl (C=O) groups is 1. The molecule has 0 aliphatic heterocycles. The zero-order valence-corrected chi connectivity index (χ0v) is 15.2. The highest BCUT2D eigenvalue weighted by molar-refractivity contribution is 6.30. The Morgan fingerprint density at radius 2 is 1.88 bits per heavy atom. The van der Waals surface area contributed by atoms with E-state index in [4.69, 9.17) is 11.6 Å². The quantitative estimate of drug-likeness (QED) is 0.453. The summed E-state index contributed by atoms with van der Waals surface area (Å²) in [6.07, 6.45) is 1.41. The van der Waals surface area contributed by atoms with Crippen molar-refractivity contribution in [1.82, 2.24) is 5.43 Å². The molecule has 2 aromatic rings. The first kappa shape index (κ1) is 19.4. The molecule has 1 amide bonds. The van der Waals surface area contributed by atoms with Crippen LogP contribution in [0.5, 0.6) is 0 Å². The number of nitro benzene ring substituents is 1. The predicted molar refractivity (Wildman–Crippen MR) is 103 cm³/mol. The lowest BCUT2D eigenvalue weighted by atomic mass is 10.1. The van der Waals surface area contributed by atoms with Crippen molar-refractivity contribution in [3.63, 3.8) is 0 Å². The van der Waals surface area contributed by atoms with Crippen LogP contribution in [0.25, 0.3) is 0 Å². The van der Waals surface area contributed by atoms with Crippen molar-refractivity contribution in [2.24, 2.45) is 5.10 Å². The van der Waals surface area contributed by atoms with E-state index in [1.165, 1.54) is 18.3 Å². The van der Waals surface area contributed by atoms with Crippen LogP contribution in [0.4, 0.5) is 11.4 Å². The number of amides is 1. The first-order valence-electron chi connectivity index (χ1n) is 8.08. The third-order valence-corrected chi connectivity index (χ3v) is 4.05. The van der Waals surface area contributed by atoms with E-state index in [0.29, 0.717) is 16.1 Å². The van der Waals surface area contributed by atoms with Gasteiger partial charge in [-0.2, -0.15) is 5.10 Å². The number of nitrogens with zero attached hydrogens (tertiary/aromatic N) is 3. The first-order valence-corrected chi connectivity index (χ1v) is 8.46. The van der Waals surface area contributed by atoms with Crippen LogP contribution in [0.15, 0.2) is 47.6 Å². The average Bonchev–Trinajstić information content (AvgIpc) is 2.64. The van der Waals surface area contributed by atoms with Crippen LogP contribution in [-0.4, -0.2) is 30.1 Å². The second-order valence-electron chi connectivity index (χ2n) is 5.38. The number of hydrogen-bond acceptors (Lipinski definition) is 5. The second kappa shape index (κ2) is 8.96. The summed E-state index contributed by atoms with van der Waals surface area (Å²) >= 11 is 5.79. The molecule has 0 aromatic heterocycles. The topological polar surface area (TPSA) is 87.8 Å². The molecule has 0 unspecified atom stereocenters. The number of anilines is 1. The lowest BCUT2D eigenvalue weighted by Crippen LogP contribution is -2.23. The van der Waals surface area contributed by atoms with Crippen molar-refractivity contribution in [3.05, 3.63) is 68.7 Å². The van der Waals surface area contributed by atoms with E-state index in [-0.39, 0.29) is 5.69 Å². The van der Waals surface area contributed by atoms with Crippen LogP contribution in [-0.2, 0) is 0 Å². The molecule has 136 valence electrons. The summed E-state index contributed by atoms with van der Waals surface area (Å²) in [5, 5.41) is 15.5. The molecule has 0 radical (unpaired) electrons. The Balaban J connectivity index is 2.23. The molecular weight excluding hydrogens is 356 g/mol.